The van der Waals surface area contributed by atoms with E-state index in [2.05, 4.69) is 21.2 Å². The van der Waals surface area contributed by atoms with Crippen molar-refractivity contribution in [3.8, 4) is 5.75 Å². The minimum Gasteiger partial charge on any atom is -0.494 e. The molecule has 6 nitrogen and oxygen atoms in total. The topological polar surface area (TPSA) is 81.5 Å². The summed E-state index contributed by atoms with van der Waals surface area (Å²) >= 11 is 3.33. The van der Waals surface area contributed by atoms with Gasteiger partial charge in [0.2, 0.25) is 5.91 Å². The minimum absolute atomic E-state index is 0.107. The number of rotatable bonds is 7. The van der Waals surface area contributed by atoms with Crippen molar-refractivity contribution in [2.75, 3.05) is 11.9 Å². The summed E-state index contributed by atoms with van der Waals surface area (Å²) in [6.07, 6.45) is 0.533. The second-order valence-electron chi connectivity index (χ2n) is 4.88. The number of halogens is 2. The Morgan fingerprint density at radius 3 is 2.79 bits per heavy atom. The summed E-state index contributed by atoms with van der Waals surface area (Å²) in [5.74, 6) is -0.485. The molecule has 1 amide bonds. The Hall–Kier alpha value is -2.48. The maximum absolute atomic E-state index is 13.6. The van der Waals surface area contributed by atoms with Gasteiger partial charge in [0, 0.05) is 23.0 Å². The number of hydrogen-bond acceptors (Lipinski definition) is 4. The van der Waals surface area contributed by atoms with E-state index in [4.69, 9.17) is 4.74 Å². The fourth-order valence-electron chi connectivity index (χ4n) is 1.91. The Bertz CT molecular complexity index is 755. The number of benzene rings is 2. The minimum atomic E-state index is -0.723. The number of nitro groups is 1. The van der Waals surface area contributed by atoms with Crippen LogP contribution in [0.25, 0.3) is 0 Å². The highest BCUT2D eigenvalue weighted by Gasteiger charge is 2.13. The van der Waals surface area contributed by atoms with Gasteiger partial charge in [-0.1, -0.05) is 22.0 Å². The normalized spacial score (nSPS) is 10.2. The Morgan fingerprint density at radius 1 is 1.29 bits per heavy atom. The summed E-state index contributed by atoms with van der Waals surface area (Å²) in [5.41, 5.74) is -0.494. The van der Waals surface area contributed by atoms with Gasteiger partial charge in [0.15, 0.2) is 0 Å². The van der Waals surface area contributed by atoms with E-state index in [1.807, 2.05) is 12.1 Å². The monoisotopic (exact) mass is 396 g/mol. The van der Waals surface area contributed by atoms with Crippen LogP contribution in [0.3, 0.4) is 0 Å². The lowest BCUT2D eigenvalue weighted by Crippen LogP contribution is -2.14. The van der Waals surface area contributed by atoms with E-state index < -0.39 is 16.6 Å². The van der Waals surface area contributed by atoms with Crippen LogP contribution in [0.2, 0.25) is 0 Å². The number of non-ortho nitro benzene ring substituents is 1. The second-order valence-corrected chi connectivity index (χ2v) is 5.79. The van der Waals surface area contributed by atoms with Crippen molar-refractivity contribution in [3.05, 3.63) is 62.9 Å². The van der Waals surface area contributed by atoms with E-state index in [1.54, 1.807) is 12.1 Å². The molecule has 0 fully saturated rings. The highest BCUT2D eigenvalue weighted by Crippen LogP contribution is 2.21. The molecule has 2 aromatic rings. The highest BCUT2D eigenvalue weighted by atomic mass is 79.9. The Balaban J connectivity index is 1.81. The third-order valence-electron chi connectivity index (χ3n) is 3.05. The number of nitro benzene ring substituents is 1. The van der Waals surface area contributed by atoms with Crippen molar-refractivity contribution >= 4 is 33.2 Å². The first-order valence-electron chi connectivity index (χ1n) is 7.08. The molecule has 0 spiro atoms. The van der Waals surface area contributed by atoms with Crippen molar-refractivity contribution < 1.29 is 18.8 Å². The third kappa shape index (κ3) is 5.31. The van der Waals surface area contributed by atoms with Crippen LogP contribution >= 0.6 is 15.9 Å². The number of anilines is 1. The zero-order valence-corrected chi connectivity index (χ0v) is 14.1. The molecular weight excluding hydrogens is 383 g/mol. The number of hydrogen-bond donors (Lipinski definition) is 1. The van der Waals surface area contributed by atoms with Crippen molar-refractivity contribution in [1.29, 1.82) is 0 Å². The van der Waals surface area contributed by atoms with Crippen molar-refractivity contribution in [3.63, 3.8) is 0 Å². The number of nitrogens with one attached hydrogen (secondary N) is 1. The molecule has 0 saturated heterocycles. The maximum Gasteiger partial charge on any atom is 0.271 e. The van der Waals surface area contributed by atoms with Gasteiger partial charge in [0.25, 0.3) is 5.69 Å². The molecule has 2 rings (SSSR count). The van der Waals surface area contributed by atoms with E-state index in [1.165, 1.54) is 0 Å². The van der Waals surface area contributed by atoms with Gasteiger partial charge in [0.1, 0.15) is 11.6 Å². The zero-order chi connectivity index (χ0) is 17.5. The van der Waals surface area contributed by atoms with Gasteiger partial charge in [-0.25, -0.2) is 4.39 Å². The molecule has 0 atom stereocenters. The number of amides is 1. The lowest BCUT2D eigenvalue weighted by atomic mass is 10.2. The van der Waals surface area contributed by atoms with Crippen molar-refractivity contribution in [1.82, 2.24) is 0 Å². The van der Waals surface area contributed by atoms with E-state index >= 15 is 0 Å². The van der Waals surface area contributed by atoms with Gasteiger partial charge in [0.05, 0.1) is 17.2 Å². The molecule has 24 heavy (non-hydrogen) atoms. The molecule has 0 radical (unpaired) electrons. The second kappa shape index (κ2) is 8.39. The Labute approximate surface area is 145 Å². The lowest BCUT2D eigenvalue weighted by molar-refractivity contribution is -0.384. The lowest BCUT2D eigenvalue weighted by Gasteiger charge is -2.08. The van der Waals surface area contributed by atoms with Crippen LogP contribution in [0.5, 0.6) is 5.75 Å². The largest absolute Gasteiger partial charge is 0.494 e. The van der Waals surface area contributed by atoms with Crippen LogP contribution in [0.4, 0.5) is 15.8 Å². The molecule has 0 aromatic heterocycles. The SMILES string of the molecule is O=C(CCCOc1cccc(Br)c1)Nc1cc([N+](=O)[O-])ccc1F. The molecule has 0 saturated carbocycles. The zero-order valence-electron chi connectivity index (χ0n) is 12.5. The average Bonchev–Trinajstić information content (AvgIpc) is 2.53. The smallest absolute Gasteiger partial charge is 0.271 e. The molecule has 2 aromatic carbocycles. The number of ether oxygens (including phenoxy) is 1. The van der Waals surface area contributed by atoms with Gasteiger partial charge in [-0.15, -0.1) is 0 Å². The van der Waals surface area contributed by atoms with Crippen molar-refractivity contribution in [2.45, 2.75) is 12.8 Å². The van der Waals surface area contributed by atoms with Crippen molar-refractivity contribution in [2.24, 2.45) is 0 Å². The average molecular weight is 397 g/mol. The maximum atomic E-state index is 13.6. The predicted octanol–water partition coefficient (Wildman–Crippen LogP) is 4.29. The molecule has 0 unspecified atom stereocenters. The van der Waals surface area contributed by atoms with E-state index in [0.717, 1.165) is 22.7 Å². The molecular formula is C16H14BrFN2O4. The van der Waals surface area contributed by atoms with Gasteiger partial charge in [-0.05, 0) is 30.7 Å². The predicted molar refractivity (Wildman–Crippen MR) is 90.6 cm³/mol. The summed E-state index contributed by atoms with van der Waals surface area (Å²) in [6, 6.07) is 10.3. The van der Waals surface area contributed by atoms with E-state index in [9.17, 15) is 19.3 Å². The molecule has 0 bridgehead atoms. The fraction of sp³-hybridized carbons (Fsp3) is 0.188. The van der Waals surface area contributed by atoms with Gasteiger partial charge in [-0.3, -0.25) is 14.9 Å². The first-order valence-corrected chi connectivity index (χ1v) is 7.87. The number of carbonyl (C=O) groups excluding carboxylic acids is 1. The molecule has 0 heterocycles. The summed E-state index contributed by atoms with van der Waals surface area (Å²) in [5, 5.41) is 13.0. The Kier molecular flexibility index (Phi) is 6.25. The molecule has 0 aliphatic rings. The van der Waals surface area contributed by atoms with Gasteiger partial charge < -0.3 is 10.1 Å². The van der Waals surface area contributed by atoms with Crippen LogP contribution in [0.15, 0.2) is 46.9 Å². The van der Waals surface area contributed by atoms with Crippen LogP contribution in [0, 0.1) is 15.9 Å². The number of carbonyl (C=O) groups is 1. The molecule has 1 N–H and O–H groups in total. The first-order chi connectivity index (χ1) is 11.5. The first kappa shape index (κ1) is 17.9. The molecule has 0 aliphatic carbocycles. The quantitative estimate of drug-likeness (QED) is 0.429. The van der Waals surface area contributed by atoms with Crippen LogP contribution in [0.1, 0.15) is 12.8 Å². The number of nitrogens with zero attached hydrogens (tertiary/aromatic N) is 1. The summed E-state index contributed by atoms with van der Waals surface area (Å²) < 4.78 is 20.0. The Morgan fingerprint density at radius 2 is 2.08 bits per heavy atom. The van der Waals surface area contributed by atoms with Gasteiger partial charge in [-0.2, -0.15) is 0 Å². The van der Waals surface area contributed by atoms with Gasteiger partial charge >= 0.3 is 0 Å². The molecule has 126 valence electrons. The van der Waals surface area contributed by atoms with E-state index in [0.29, 0.717) is 18.8 Å². The summed E-state index contributed by atoms with van der Waals surface area (Å²) in [4.78, 5) is 21.8. The standard InChI is InChI=1S/C16H14BrFN2O4/c17-11-3-1-4-13(9-11)24-8-2-5-16(21)19-15-10-12(20(22)23)6-7-14(15)18/h1,3-4,6-7,9-10H,2,5,8H2,(H,19,21). The van der Waals surface area contributed by atoms with Crippen LogP contribution in [-0.2, 0) is 4.79 Å². The third-order valence-corrected chi connectivity index (χ3v) is 3.54. The highest BCUT2D eigenvalue weighted by molar-refractivity contribution is 9.10. The summed E-state index contributed by atoms with van der Waals surface area (Å²) in [7, 11) is 0. The molecule has 0 aliphatic heterocycles. The van der Waals surface area contributed by atoms with Crippen LogP contribution < -0.4 is 10.1 Å². The molecule has 8 heteroatoms. The fourth-order valence-corrected chi connectivity index (χ4v) is 2.29. The van der Waals surface area contributed by atoms with E-state index in [-0.39, 0.29) is 17.8 Å². The summed E-state index contributed by atoms with van der Waals surface area (Å²) in [6.45, 7) is 0.321. The van der Waals surface area contributed by atoms with Crippen LogP contribution in [-0.4, -0.2) is 17.4 Å².